The lowest BCUT2D eigenvalue weighted by Crippen LogP contribution is -2.39. The van der Waals surface area contributed by atoms with Gasteiger partial charge in [-0.05, 0) is 43.3 Å². The van der Waals surface area contributed by atoms with E-state index in [2.05, 4.69) is 0 Å². The maximum absolute atomic E-state index is 14.1. The van der Waals surface area contributed by atoms with Crippen molar-refractivity contribution in [2.24, 2.45) is 5.73 Å². The molecule has 0 bridgehead atoms. The number of carbonyl (C=O) groups is 1. The Morgan fingerprint density at radius 3 is 2.21 bits per heavy atom. The Morgan fingerprint density at radius 1 is 0.897 bits per heavy atom. The molecule has 11 heteroatoms. The third-order valence-corrected chi connectivity index (χ3v) is 8.53. The van der Waals surface area contributed by atoms with Gasteiger partial charge in [-0.2, -0.15) is 4.68 Å². The molecule has 1 atom stereocenters. The number of carbonyl (C=O) groups excluding carboxylic acids is 1. The van der Waals surface area contributed by atoms with Gasteiger partial charge in [0.25, 0.3) is 21.1 Å². The first-order valence-electron chi connectivity index (χ1n) is 12.1. The SMILES string of the molecule is CCOC(=O)C1=C(N)n2c(=O)c3ccccc3c(=O)n2C1c1cc2ccccc2n1S(=O)(=O)c1ccccc1. The van der Waals surface area contributed by atoms with Gasteiger partial charge in [0.15, 0.2) is 0 Å². The summed E-state index contributed by atoms with van der Waals surface area (Å²) >= 11 is 0. The van der Waals surface area contributed by atoms with E-state index in [9.17, 15) is 22.8 Å². The molecule has 2 N–H and O–H groups in total. The van der Waals surface area contributed by atoms with E-state index in [4.69, 9.17) is 10.5 Å². The largest absolute Gasteiger partial charge is 0.462 e. The highest BCUT2D eigenvalue weighted by molar-refractivity contribution is 7.90. The maximum atomic E-state index is 14.1. The molecule has 0 saturated carbocycles. The van der Waals surface area contributed by atoms with E-state index < -0.39 is 33.2 Å². The van der Waals surface area contributed by atoms with Crippen molar-refractivity contribution in [2.75, 3.05) is 6.61 Å². The maximum Gasteiger partial charge on any atom is 0.340 e. The number of fused-ring (bicyclic) bond motifs is 3. The molecule has 0 amide bonds. The number of esters is 1. The molecule has 1 aliphatic heterocycles. The van der Waals surface area contributed by atoms with Crippen LogP contribution in [0.15, 0.2) is 105 Å². The summed E-state index contributed by atoms with van der Waals surface area (Å²) in [7, 11) is -4.24. The van der Waals surface area contributed by atoms with Crippen LogP contribution in [0.3, 0.4) is 0 Å². The lowest BCUT2D eigenvalue weighted by Gasteiger charge is -2.20. The Hall–Kier alpha value is -4.90. The summed E-state index contributed by atoms with van der Waals surface area (Å²) in [5.74, 6) is -1.17. The van der Waals surface area contributed by atoms with Crippen molar-refractivity contribution in [3.8, 4) is 0 Å². The van der Waals surface area contributed by atoms with E-state index in [0.717, 1.165) is 13.3 Å². The average Bonchev–Trinajstić information content (AvgIpc) is 3.48. The topological polar surface area (TPSA) is 135 Å². The molecule has 39 heavy (non-hydrogen) atoms. The van der Waals surface area contributed by atoms with Crippen LogP contribution in [0.2, 0.25) is 0 Å². The summed E-state index contributed by atoms with van der Waals surface area (Å²) in [6.07, 6.45) is 0. The molecule has 0 spiro atoms. The fraction of sp³-hybridized carbons (Fsp3) is 0.107. The molecule has 3 aromatic carbocycles. The van der Waals surface area contributed by atoms with Gasteiger partial charge in [-0.3, -0.25) is 9.59 Å². The monoisotopic (exact) mass is 542 g/mol. The summed E-state index contributed by atoms with van der Waals surface area (Å²) < 4.78 is 36.5. The first-order valence-corrected chi connectivity index (χ1v) is 13.6. The second kappa shape index (κ2) is 8.84. The van der Waals surface area contributed by atoms with Gasteiger partial charge in [-0.1, -0.05) is 48.5 Å². The van der Waals surface area contributed by atoms with Crippen molar-refractivity contribution in [3.05, 3.63) is 117 Å². The first-order chi connectivity index (χ1) is 18.8. The van der Waals surface area contributed by atoms with Crippen molar-refractivity contribution >= 4 is 43.5 Å². The average molecular weight is 543 g/mol. The first kappa shape index (κ1) is 24.4. The molecule has 0 fully saturated rings. The molecule has 0 radical (unpaired) electrons. The van der Waals surface area contributed by atoms with Crippen molar-refractivity contribution in [3.63, 3.8) is 0 Å². The van der Waals surface area contributed by atoms with E-state index in [1.807, 2.05) is 0 Å². The minimum absolute atomic E-state index is 0.00323. The second-order valence-corrected chi connectivity index (χ2v) is 10.7. The normalized spacial score (nSPS) is 15.2. The van der Waals surface area contributed by atoms with E-state index in [1.54, 1.807) is 67.6 Å². The quantitative estimate of drug-likeness (QED) is 0.337. The zero-order valence-corrected chi connectivity index (χ0v) is 21.5. The van der Waals surface area contributed by atoms with E-state index in [1.165, 1.54) is 24.3 Å². The lowest BCUT2D eigenvalue weighted by molar-refractivity contribution is -0.138. The summed E-state index contributed by atoms with van der Waals surface area (Å²) in [5.41, 5.74) is 5.32. The van der Waals surface area contributed by atoms with Crippen LogP contribution in [0, 0.1) is 0 Å². The number of aromatic nitrogens is 3. The summed E-state index contributed by atoms with van der Waals surface area (Å²) in [6.45, 7) is 1.60. The van der Waals surface area contributed by atoms with Gasteiger partial charge in [0.2, 0.25) is 0 Å². The molecule has 1 aliphatic rings. The van der Waals surface area contributed by atoms with Crippen LogP contribution in [-0.2, 0) is 19.6 Å². The van der Waals surface area contributed by atoms with Gasteiger partial charge >= 0.3 is 5.97 Å². The Kier molecular flexibility index (Phi) is 5.54. The second-order valence-electron chi connectivity index (χ2n) is 8.94. The van der Waals surface area contributed by atoms with Crippen LogP contribution in [0.4, 0.5) is 0 Å². The molecule has 2 aromatic heterocycles. The van der Waals surface area contributed by atoms with Gasteiger partial charge in [0, 0.05) is 5.39 Å². The number of rotatable bonds is 5. The van der Waals surface area contributed by atoms with E-state index in [-0.39, 0.29) is 39.4 Å². The van der Waals surface area contributed by atoms with Crippen LogP contribution in [0.5, 0.6) is 0 Å². The standard InChI is InChI=1S/C28H22N4O6S/c1-2-38-28(35)23-24(30-26(33)19-13-7-8-14-20(19)27(34)31(30)25(23)29)22-16-17-10-6-9-15-21(17)32(22)39(36,37)18-11-4-3-5-12-18/h3-16,24H,2,29H2,1H3. The third kappa shape index (κ3) is 3.47. The lowest BCUT2D eigenvalue weighted by atomic mass is 10.0. The molecule has 5 aromatic rings. The Balaban J connectivity index is 1.77. The molecular formula is C28H22N4O6S. The number of para-hydroxylation sites is 1. The molecular weight excluding hydrogens is 520 g/mol. The summed E-state index contributed by atoms with van der Waals surface area (Å²) in [4.78, 5) is 40.8. The highest BCUT2D eigenvalue weighted by Gasteiger charge is 2.42. The van der Waals surface area contributed by atoms with Gasteiger partial charge < -0.3 is 10.5 Å². The summed E-state index contributed by atoms with van der Waals surface area (Å²) in [6, 6.07) is 21.0. The Morgan fingerprint density at radius 2 is 1.51 bits per heavy atom. The van der Waals surface area contributed by atoms with Crippen LogP contribution >= 0.6 is 0 Å². The van der Waals surface area contributed by atoms with Crippen molar-refractivity contribution in [2.45, 2.75) is 17.9 Å². The smallest absolute Gasteiger partial charge is 0.340 e. The van der Waals surface area contributed by atoms with Crippen LogP contribution < -0.4 is 16.9 Å². The molecule has 10 nitrogen and oxygen atoms in total. The fourth-order valence-corrected chi connectivity index (χ4v) is 6.69. The molecule has 0 saturated heterocycles. The minimum atomic E-state index is -4.24. The molecule has 6 rings (SSSR count). The van der Waals surface area contributed by atoms with Crippen molar-refractivity contribution in [1.29, 1.82) is 0 Å². The van der Waals surface area contributed by atoms with Gasteiger partial charge in [-0.15, -0.1) is 0 Å². The van der Waals surface area contributed by atoms with Crippen molar-refractivity contribution in [1.82, 2.24) is 13.3 Å². The number of hydrogen-bond acceptors (Lipinski definition) is 7. The van der Waals surface area contributed by atoms with E-state index in [0.29, 0.717) is 10.9 Å². The van der Waals surface area contributed by atoms with Crippen LogP contribution in [0.1, 0.15) is 18.7 Å². The van der Waals surface area contributed by atoms with Crippen LogP contribution in [0.25, 0.3) is 27.5 Å². The van der Waals surface area contributed by atoms with Gasteiger partial charge in [0.05, 0.1) is 33.5 Å². The molecule has 3 heterocycles. The zero-order valence-electron chi connectivity index (χ0n) is 20.6. The number of nitrogens with two attached hydrogens (primary N) is 1. The predicted octanol–water partition coefficient (Wildman–Crippen LogP) is 2.65. The molecule has 1 unspecified atom stereocenters. The summed E-state index contributed by atoms with van der Waals surface area (Å²) in [5, 5.41) is 0.765. The third-order valence-electron chi connectivity index (χ3n) is 6.78. The Labute approximate surface area is 221 Å². The van der Waals surface area contributed by atoms with Crippen LogP contribution in [-0.4, -0.2) is 34.3 Å². The Bertz CT molecular complexity index is 2070. The number of ether oxygens (including phenoxy) is 1. The molecule has 196 valence electrons. The van der Waals surface area contributed by atoms with E-state index >= 15 is 0 Å². The number of nitrogens with zero attached hydrogens (tertiary/aromatic N) is 3. The fourth-order valence-electron chi connectivity index (χ4n) is 5.12. The molecule has 0 aliphatic carbocycles. The zero-order chi connectivity index (χ0) is 27.5. The number of benzene rings is 3. The van der Waals surface area contributed by atoms with Gasteiger partial charge in [-0.25, -0.2) is 21.9 Å². The minimum Gasteiger partial charge on any atom is -0.462 e. The number of hydrogen-bond donors (Lipinski definition) is 1. The predicted molar refractivity (Wildman–Crippen MR) is 146 cm³/mol. The highest BCUT2D eigenvalue weighted by Crippen LogP contribution is 2.38. The van der Waals surface area contributed by atoms with Gasteiger partial charge in [0.1, 0.15) is 17.4 Å². The van der Waals surface area contributed by atoms with Crippen molar-refractivity contribution < 1.29 is 17.9 Å². The highest BCUT2D eigenvalue weighted by atomic mass is 32.2.